The molecule has 14 heavy (non-hydrogen) atoms. The van der Waals surface area contributed by atoms with Crippen LogP contribution < -0.4 is 4.74 Å². The zero-order valence-electron chi connectivity index (χ0n) is 8.19. The maximum absolute atomic E-state index is 10.8. The number of aliphatic hydroxyl groups is 1. The monoisotopic (exact) mass is 194 g/mol. The van der Waals surface area contributed by atoms with Crippen molar-refractivity contribution in [3.63, 3.8) is 0 Å². The van der Waals surface area contributed by atoms with Crippen LogP contribution in [-0.2, 0) is 0 Å². The summed E-state index contributed by atoms with van der Waals surface area (Å²) in [7, 11) is 0. The van der Waals surface area contributed by atoms with Gasteiger partial charge in [0.05, 0.1) is 12.2 Å². The second kappa shape index (κ2) is 5.40. The lowest BCUT2D eigenvalue weighted by atomic mass is 10.1. The largest absolute Gasteiger partial charge is 0.493 e. The van der Waals surface area contributed by atoms with E-state index in [4.69, 9.17) is 9.84 Å². The molecule has 1 aromatic rings. The van der Waals surface area contributed by atoms with Gasteiger partial charge >= 0.3 is 0 Å². The summed E-state index contributed by atoms with van der Waals surface area (Å²) in [5.41, 5.74) is 1.49. The van der Waals surface area contributed by atoms with Gasteiger partial charge in [0.1, 0.15) is 5.75 Å². The van der Waals surface area contributed by atoms with E-state index in [0.29, 0.717) is 24.3 Å². The highest BCUT2D eigenvalue weighted by Gasteiger charge is 2.04. The number of aryl methyl sites for hydroxylation is 1. The summed E-state index contributed by atoms with van der Waals surface area (Å²) in [6, 6.07) is 5.47. The van der Waals surface area contributed by atoms with Crippen molar-refractivity contribution in [2.75, 3.05) is 13.2 Å². The molecule has 0 spiro atoms. The first-order valence-electron chi connectivity index (χ1n) is 4.58. The van der Waals surface area contributed by atoms with Gasteiger partial charge in [-0.25, -0.2) is 0 Å². The quantitative estimate of drug-likeness (QED) is 0.571. The summed E-state index contributed by atoms with van der Waals surface area (Å²) in [5, 5.41) is 8.58. The van der Waals surface area contributed by atoms with Crippen LogP contribution in [-0.4, -0.2) is 24.6 Å². The van der Waals surface area contributed by atoms with E-state index in [-0.39, 0.29) is 6.61 Å². The first-order valence-corrected chi connectivity index (χ1v) is 4.58. The van der Waals surface area contributed by atoms with E-state index in [0.717, 1.165) is 11.8 Å². The Kier molecular flexibility index (Phi) is 4.13. The molecule has 0 saturated carbocycles. The fourth-order valence-electron chi connectivity index (χ4n) is 1.18. The lowest BCUT2D eigenvalue weighted by molar-refractivity contribution is 0.111. The zero-order valence-corrected chi connectivity index (χ0v) is 8.19. The van der Waals surface area contributed by atoms with Crippen molar-refractivity contribution in [3.8, 4) is 5.75 Å². The molecule has 0 atom stereocenters. The molecule has 0 aliphatic rings. The summed E-state index contributed by atoms with van der Waals surface area (Å²) in [5.74, 6) is 0.591. The van der Waals surface area contributed by atoms with E-state index >= 15 is 0 Å². The first kappa shape index (κ1) is 10.7. The van der Waals surface area contributed by atoms with E-state index in [1.165, 1.54) is 0 Å². The van der Waals surface area contributed by atoms with Crippen LogP contribution in [0.4, 0.5) is 0 Å². The Morgan fingerprint density at radius 3 is 2.93 bits per heavy atom. The van der Waals surface area contributed by atoms with E-state index in [2.05, 4.69) is 0 Å². The summed E-state index contributed by atoms with van der Waals surface area (Å²) < 4.78 is 5.36. The minimum absolute atomic E-state index is 0.0994. The molecule has 0 bridgehead atoms. The highest BCUT2D eigenvalue weighted by molar-refractivity contribution is 5.81. The van der Waals surface area contributed by atoms with E-state index in [9.17, 15) is 4.79 Å². The third kappa shape index (κ3) is 2.57. The minimum atomic E-state index is 0.0994. The average Bonchev–Trinajstić information content (AvgIpc) is 2.18. The molecule has 0 saturated heterocycles. The molecule has 0 aliphatic carbocycles. The van der Waals surface area contributed by atoms with Crippen molar-refractivity contribution in [1.82, 2.24) is 0 Å². The van der Waals surface area contributed by atoms with E-state index < -0.39 is 0 Å². The molecule has 0 heterocycles. The molecule has 1 aromatic carbocycles. The third-order valence-corrected chi connectivity index (χ3v) is 1.96. The maximum atomic E-state index is 10.8. The molecule has 76 valence electrons. The Bertz CT molecular complexity index is 307. The number of aliphatic hydroxyl groups excluding tert-OH is 1. The summed E-state index contributed by atoms with van der Waals surface area (Å²) in [6.07, 6.45) is 1.37. The van der Waals surface area contributed by atoms with Gasteiger partial charge in [-0.05, 0) is 18.6 Å². The molecular weight excluding hydrogens is 180 g/mol. The zero-order chi connectivity index (χ0) is 10.4. The Morgan fingerprint density at radius 2 is 2.29 bits per heavy atom. The van der Waals surface area contributed by atoms with Crippen molar-refractivity contribution in [1.29, 1.82) is 0 Å². The van der Waals surface area contributed by atoms with Gasteiger partial charge in [0.15, 0.2) is 6.29 Å². The fraction of sp³-hybridized carbons (Fsp3) is 0.364. The van der Waals surface area contributed by atoms with Crippen LogP contribution in [0, 0.1) is 6.92 Å². The molecule has 0 radical (unpaired) electrons. The van der Waals surface area contributed by atoms with Gasteiger partial charge < -0.3 is 9.84 Å². The molecule has 0 aromatic heterocycles. The molecule has 1 N–H and O–H groups in total. The molecule has 0 aliphatic heterocycles. The number of rotatable bonds is 5. The molecule has 3 heteroatoms. The summed E-state index contributed by atoms with van der Waals surface area (Å²) >= 11 is 0. The Hall–Kier alpha value is -1.35. The van der Waals surface area contributed by atoms with Gasteiger partial charge in [0.25, 0.3) is 0 Å². The van der Waals surface area contributed by atoms with Crippen LogP contribution in [0.2, 0.25) is 0 Å². The van der Waals surface area contributed by atoms with Crippen molar-refractivity contribution < 1.29 is 14.6 Å². The topological polar surface area (TPSA) is 46.5 Å². The predicted octanol–water partition coefficient (Wildman–Crippen LogP) is 1.57. The van der Waals surface area contributed by atoms with Crippen molar-refractivity contribution in [2.24, 2.45) is 0 Å². The highest BCUT2D eigenvalue weighted by atomic mass is 16.5. The number of hydrogen-bond donors (Lipinski definition) is 1. The Labute approximate surface area is 83.3 Å². The molecule has 0 unspecified atom stereocenters. The first-order chi connectivity index (χ1) is 6.79. The van der Waals surface area contributed by atoms with Crippen LogP contribution in [0.15, 0.2) is 18.2 Å². The number of benzene rings is 1. The minimum Gasteiger partial charge on any atom is -0.493 e. The molecule has 0 fully saturated rings. The van der Waals surface area contributed by atoms with E-state index in [1.54, 1.807) is 6.07 Å². The van der Waals surface area contributed by atoms with Crippen molar-refractivity contribution in [3.05, 3.63) is 29.3 Å². The molecular formula is C11H14O3. The number of hydrogen-bond acceptors (Lipinski definition) is 3. The predicted molar refractivity (Wildman–Crippen MR) is 53.8 cm³/mol. The Morgan fingerprint density at radius 1 is 1.50 bits per heavy atom. The molecule has 1 rings (SSSR count). The fourth-order valence-corrected chi connectivity index (χ4v) is 1.18. The SMILES string of the molecule is Cc1cccc(OCCCO)c1C=O. The van der Waals surface area contributed by atoms with Crippen LogP contribution in [0.1, 0.15) is 22.3 Å². The van der Waals surface area contributed by atoms with Gasteiger partial charge in [-0.2, -0.15) is 0 Å². The van der Waals surface area contributed by atoms with Gasteiger partial charge in [-0.3, -0.25) is 4.79 Å². The van der Waals surface area contributed by atoms with Crippen LogP contribution in [0.3, 0.4) is 0 Å². The van der Waals surface area contributed by atoms with Gasteiger partial charge in [-0.15, -0.1) is 0 Å². The second-order valence-corrected chi connectivity index (χ2v) is 3.03. The smallest absolute Gasteiger partial charge is 0.154 e. The van der Waals surface area contributed by atoms with Crippen molar-refractivity contribution in [2.45, 2.75) is 13.3 Å². The lowest BCUT2D eigenvalue weighted by Gasteiger charge is -2.08. The Balaban J connectivity index is 2.75. The normalized spacial score (nSPS) is 9.86. The van der Waals surface area contributed by atoms with Crippen LogP contribution >= 0.6 is 0 Å². The molecule has 0 amide bonds. The van der Waals surface area contributed by atoms with Gasteiger partial charge in [0, 0.05) is 13.0 Å². The maximum Gasteiger partial charge on any atom is 0.154 e. The number of carbonyl (C=O) groups is 1. The van der Waals surface area contributed by atoms with Crippen LogP contribution in [0.5, 0.6) is 5.75 Å². The van der Waals surface area contributed by atoms with Gasteiger partial charge in [0.2, 0.25) is 0 Å². The molecule has 3 nitrogen and oxygen atoms in total. The van der Waals surface area contributed by atoms with E-state index in [1.807, 2.05) is 19.1 Å². The lowest BCUT2D eigenvalue weighted by Crippen LogP contribution is -2.02. The average molecular weight is 194 g/mol. The number of carbonyl (C=O) groups excluding carboxylic acids is 1. The number of aldehydes is 1. The second-order valence-electron chi connectivity index (χ2n) is 3.03. The third-order valence-electron chi connectivity index (χ3n) is 1.96. The van der Waals surface area contributed by atoms with Crippen molar-refractivity contribution >= 4 is 6.29 Å². The number of ether oxygens (including phenoxy) is 1. The van der Waals surface area contributed by atoms with Crippen LogP contribution in [0.25, 0.3) is 0 Å². The standard InChI is InChI=1S/C11H14O3/c1-9-4-2-5-11(10(9)8-13)14-7-3-6-12/h2,4-5,8,12H,3,6-7H2,1H3. The summed E-state index contributed by atoms with van der Waals surface area (Å²) in [4.78, 5) is 10.8. The summed E-state index contributed by atoms with van der Waals surface area (Å²) in [6.45, 7) is 2.39. The van der Waals surface area contributed by atoms with Gasteiger partial charge in [-0.1, -0.05) is 12.1 Å². The highest BCUT2D eigenvalue weighted by Crippen LogP contribution is 2.19.